The zero-order valence-corrected chi connectivity index (χ0v) is 21.0. The number of imidazole rings is 1. The molecule has 2 aliphatic rings. The number of benzene rings is 2. The van der Waals surface area contributed by atoms with Gasteiger partial charge in [0.25, 0.3) is 0 Å². The van der Waals surface area contributed by atoms with Crippen molar-refractivity contribution in [2.75, 3.05) is 20.2 Å². The molecule has 3 atom stereocenters. The summed E-state index contributed by atoms with van der Waals surface area (Å²) < 4.78 is 13.3. The molecule has 1 amide bonds. The van der Waals surface area contributed by atoms with E-state index in [1.807, 2.05) is 50.1 Å². The molecule has 0 saturated carbocycles. The number of likely N-dealkylation sites (tertiary alicyclic amines) is 1. The van der Waals surface area contributed by atoms with Crippen LogP contribution in [0.1, 0.15) is 44.1 Å². The van der Waals surface area contributed by atoms with Crippen LogP contribution in [0.4, 0.5) is 4.79 Å². The van der Waals surface area contributed by atoms with Gasteiger partial charge in [-0.2, -0.15) is 0 Å². The van der Waals surface area contributed by atoms with E-state index in [-0.39, 0.29) is 24.0 Å². The maximum absolute atomic E-state index is 12.9. The minimum Gasteiger partial charge on any atom is -0.481 e. The molecular weight excluding hydrogens is 452 g/mol. The average molecular weight is 483 g/mol. The zero-order chi connectivity index (χ0) is 25.0. The molecule has 6 rings (SSSR count). The molecule has 0 spiro atoms. The maximum Gasteiger partial charge on any atom is 0.410 e. The molecule has 36 heavy (non-hydrogen) atoms. The first kappa shape index (κ1) is 22.6. The van der Waals surface area contributed by atoms with Gasteiger partial charge in [-0.15, -0.1) is 0 Å². The lowest BCUT2D eigenvalue weighted by atomic mass is 9.88. The Morgan fingerprint density at radius 2 is 1.78 bits per heavy atom. The van der Waals surface area contributed by atoms with Crippen LogP contribution in [0, 0.1) is 5.92 Å². The molecule has 1 fully saturated rings. The molecule has 2 aliphatic heterocycles. The Hall–Kier alpha value is -3.87. The van der Waals surface area contributed by atoms with Gasteiger partial charge in [0.15, 0.2) is 0 Å². The lowest BCUT2D eigenvalue weighted by Gasteiger charge is -2.26. The summed E-state index contributed by atoms with van der Waals surface area (Å²) in [6.45, 7) is 6.98. The van der Waals surface area contributed by atoms with Crippen LogP contribution in [0.3, 0.4) is 0 Å². The van der Waals surface area contributed by atoms with Crippen molar-refractivity contribution in [1.82, 2.24) is 19.4 Å². The molecule has 4 heterocycles. The first-order valence-corrected chi connectivity index (χ1v) is 12.4. The van der Waals surface area contributed by atoms with Crippen molar-refractivity contribution in [1.29, 1.82) is 0 Å². The molecule has 7 heteroatoms. The Balaban J connectivity index is 1.43. The molecule has 0 aliphatic carbocycles. The highest BCUT2D eigenvalue weighted by molar-refractivity contribution is 5.83. The topological polar surface area (TPSA) is 69.5 Å². The summed E-state index contributed by atoms with van der Waals surface area (Å²) in [5.74, 6) is 2.02. The number of carbonyl (C=O) groups is 1. The van der Waals surface area contributed by atoms with Gasteiger partial charge < -0.3 is 18.9 Å². The van der Waals surface area contributed by atoms with Crippen molar-refractivity contribution in [2.45, 2.75) is 38.3 Å². The first-order chi connectivity index (χ1) is 17.3. The summed E-state index contributed by atoms with van der Waals surface area (Å²) in [6, 6.07) is 20.9. The Kier molecular flexibility index (Phi) is 5.25. The Morgan fingerprint density at radius 1 is 1.00 bits per heavy atom. The highest BCUT2D eigenvalue weighted by Crippen LogP contribution is 2.50. The van der Waals surface area contributed by atoms with Gasteiger partial charge in [0.1, 0.15) is 11.4 Å². The van der Waals surface area contributed by atoms with Crippen molar-refractivity contribution in [3.8, 4) is 17.0 Å². The van der Waals surface area contributed by atoms with Crippen LogP contribution in [0.15, 0.2) is 66.9 Å². The molecular formula is C29H30N4O3. The highest BCUT2D eigenvalue weighted by atomic mass is 16.6. The van der Waals surface area contributed by atoms with Crippen LogP contribution in [0.25, 0.3) is 22.2 Å². The van der Waals surface area contributed by atoms with Crippen LogP contribution >= 0.6 is 0 Å². The number of carbonyl (C=O) groups excluding carboxylic acids is 1. The van der Waals surface area contributed by atoms with Gasteiger partial charge in [0.05, 0.1) is 24.2 Å². The highest BCUT2D eigenvalue weighted by Gasteiger charge is 2.50. The predicted molar refractivity (Wildman–Crippen MR) is 138 cm³/mol. The summed E-state index contributed by atoms with van der Waals surface area (Å²) in [4.78, 5) is 24.3. The fourth-order valence-electron chi connectivity index (χ4n) is 5.65. The summed E-state index contributed by atoms with van der Waals surface area (Å²) in [6.07, 6.45) is 1.59. The quantitative estimate of drug-likeness (QED) is 0.377. The van der Waals surface area contributed by atoms with Gasteiger partial charge in [-0.25, -0.2) is 14.8 Å². The number of amides is 1. The number of pyridine rings is 1. The van der Waals surface area contributed by atoms with Crippen molar-refractivity contribution >= 4 is 17.1 Å². The van der Waals surface area contributed by atoms with E-state index in [1.54, 1.807) is 7.11 Å². The summed E-state index contributed by atoms with van der Waals surface area (Å²) in [7, 11) is 1.62. The second-order valence-electron chi connectivity index (χ2n) is 10.6. The fraction of sp³-hybridized carbons (Fsp3) is 0.345. The molecule has 4 aromatic rings. The van der Waals surface area contributed by atoms with E-state index in [2.05, 4.69) is 52.0 Å². The van der Waals surface area contributed by atoms with Gasteiger partial charge >= 0.3 is 6.09 Å². The predicted octanol–water partition coefficient (Wildman–Crippen LogP) is 5.66. The van der Waals surface area contributed by atoms with E-state index < -0.39 is 5.60 Å². The van der Waals surface area contributed by atoms with Crippen molar-refractivity contribution in [3.63, 3.8) is 0 Å². The molecule has 0 N–H and O–H groups in total. The van der Waals surface area contributed by atoms with Crippen molar-refractivity contribution < 1.29 is 14.3 Å². The Labute approximate surface area is 210 Å². The monoisotopic (exact) mass is 482 g/mol. The third kappa shape index (κ3) is 3.79. The molecule has 7 nitrogen and oxygen atoms in total. The van der Waals surface area contributed by atoms with Crippen LogP contribution in [0.5, 0.6) is 5.88 Å². The standard InChI is InChI=1S/C29H30N4O3/c1-29(2,3)36-28(34)32-16-21-22(17-32)27-31-23-12-10-19(20-11-13-25(35-4)30-15-20)14-24(23)33(27)26(21)18-8-6-5-7-9-18/h5-15,21-22,26H,16-17H2,1-4H3/t21-,22+,26-/m1/s1. The number of fused-ring (bicyclic) bond motifs is 5. The molecule has 2 aromatic carbocycles. The SMILES string of the molecule is COc1ccc(-c2ccc3nc4n(c3c2)[C@H](c2ccccc2)[C@@H]2CN(C(=O)OC(C)(C)C)C[C@H]42)cn1. The number of hydrogen-bond acceptors (Lipinski definition) is 5. The van der Waals surface area contributed by atoms with Gasteiger partial charge in [-0.1, -0.05) is 36.4 Å². The molecule has 184 valence electrons. The molecule has 1 saturated heterocycles. The smallest absolute Gasteiger partial charge is 0.410 e. The van der Waals surface area contributed by atoms with Crippen LogP contribution in [-0.4, -0.2) is 51.3 Å². The minimum atomic E-state index is -0.520. The van der Waals surface area contributed by atoms with Gasteiger partial charge in [-0.05, 0) is 50.1 Å². The molecule has 0 radical (unpaired) electrons. The molecule has 2 aromatic heterocycles. The van der Waals surface area contributed by atoms with Crippen molar-refractivity contribution in [3.05, 3.63) is 78.2 Å². The minimum absolute atomic E-state index is 0.0906. The number of aromatic nitrogens is 3. The van der Waals surface area contributed by atoms with Crippen molar-refractivity contribution in [2.24, 2.45) is 5.92 Å². The molecule has 0 unspecified atom stereocenters. The van der Waals surface area contributed by atoms with Gasteiger partial charge in [-0.3, -0.25) is 0 Å². The zero-order valence-electron chi connectivity index (χ0n) is 21.0. The normalized spacial score (nSPS) is 20.9. The first-order valence-electron chi connectivity index (χ1n) is 12.4. The van der Waals surface area contributed by atoms with E-state index in [9.17, 15) is 4.79 Å². The third-order valence-corrected chi connectivity index (χ3v) is 7.17. The summed E-state index contributed by atoms with van der Waals surface area (Å²) in [5.41, 5.74) is 4.88. The van der Waals surface area contributed by atoms with Crippen LogP contribution < -0.4 is 4.74 Å². The fourth-order valence-corrected chi connectivity index (χ4v) is 5.65. The largest absolute Gasteiger partial charge is 0.481 e. The summed E-state index contributed by atoms with van der Waals surface area (Å²) in [5, 5.41) is 0. The second kappa shape index (κ2) is 8.36. The maximum atomic E-state index is 12.9. The van der Waals surface area contributed by atoms with E-state index in [0.29, 0.717) is 19.0 Å². The molecule has 0 bridgehead atoms. The van der Waals surface area contributed by atoms with E-state index >= 15 is 0 Å². The van der Waals surface area contributed by atoms with Crippen LogP contribution in [0.2, 0.25) is 0 Å². The van der Waals surface area contributed by atoms with Gasteiger partial charge in [0.2, 0.25) is 5.88 Å². The van der Waals surface area contributed by atoms with E-state index in [1.165, 1.54) is 5.56 Å². The Bertz CT molecular complexity index is 1420. The van der Waals surface area contributed by atoms with Crippen LogP contribution in [-0.2, 0) is 4.74 Å². The lowest BCUT2D eigenvalue weighted by Crippen LogP contribution is -2.36. The van der Waals surface area contributed by atoms with E-state index in [4.69, 9.17) is 14.5 Å². The number of ether oxygens (including phenoxy) is 2. The number of methoxy groups -OCH3 is 1. The third-order valence-electron chi connectivity index (χ3n) is 7.17. The van der Waals surface area contributed by atoms with E-state index in [0.717, 1.165) is 28.0 Å². The second-order valence-corrected chi connectivity index (χ2v) is 10.6. The number of nitrogens with zero attached hydrogens (tertiary/aromatic N) is 4. The number of hydrogen-bond donors (Lipinski definition) is 0. The average Bonchev–Trinajstić information content (AvgIpc) is 3.53. The lowest BCUT2D eigenvalue weighted by molar-refractivity contribution is 0.0282. The Morgan fingerprint density at radius 3 is 2.47 bits per heavy atom. The number of rotatable bonds is 3. The summed E-state index contributed by atoms with van der Waals surface area (Å²) >= 11 is 0. The van der Waals surface area contributed by atoms with Gasteiger partial charge in [0, 0.05) is 42.8 Å².